The third-order valence-electron chi connectivity index (χ3n) is 2.05. The van der Waals surface area contributed by atoms with Crippen molar-refractivity contribution in [1.82, 2.24) is 9.78 Å². The van der Waals surface area contributed by atoms with Gasteiger partial charge in [-0.05, 0) is 6.07 Å². The first-order valence-electron chi connectivity index (χ1n) is 3.57. The standard InChI is InChI=1S/C7H11N3O/c1-10-6(2-3-9-10)7(8)4-11-5-7/h2-3H,4-5,8H2,1H3. The zero-order chi connectivity index (χ0) is 7.90. The topological polar surface area (TPSA) is 53.1 Å². The second-order valence-electron chi connectivity index (χ2n) is 2.99. The Balaban J connectivity index is 2.35. The highest BCUT2D eigenvalue weighted by molar-refractivity contribution is 5.17. The van der Waals surface area contributed by atoms with Crippen molar-refractivity contribution in [2.75, 3.05) is 13.2 Å². The zero-order valence-corrected chi connectivity index (χ0v) is 6.45. The monoisotopic (exact) mass is 153 g/mol. The van der Waals surface area contributed by atoms with Gasteiger partial charge in [-0.1, -0.05) is 0 Å². The second-order valence-corrected chi connectivity index (χ2v) is 2.99. The number of aromatic nitrogens is 2. The van der Waals surface area contributed by atoms with Crippen molar-refractivity contribution >= 4 is 0 Å². The Bertz CT molecular complexity index is 264. The number of rotatable bonds is 1. The first kappa shape index (κ1) is 6.82. The zero-order valence-electron chi connectivity index (χ0n) is 6.45. The molecule has 1 saturated heterocycles. The normalized spacial score (nSPS) is 21.3. The maximum atomic E-state index is 5.98. The molecule has 1 fully saturated rings. The van der Waals surface area contributed by atoms with Crippen molar-refractivity contribution in [3.05, 3.63) is 18.0 Å². The van der Waals surface area contributed by atoms with Gasteiger partial charge in [-0.15, -0.1) is 0 Å². The van der Waals surface area contributed by atoms with Crippen LogP contribution in [0.15, 0.2) is 12.3 Å². The number of aryl methyl sites for hydroxylation is 1. The van der Waals surface area contributed by atoms with Gasteiger partial charge in [0.2, 0.25) is 0 Å². The van der Waals surface area contributed by atoms with Gasteiger partial charge >= 0.3 is 0 Å². The van der Waals surface area contributed by atoms with E-state index in [1.165, 1.54) is 0 Å². The van der Waals surface area contributed by atoms with Crippen molar-refractivity contribution in [2.45, 2.75) is 5.54 Å². The molecule has 0 amide bonds. The lowest BCUT2D eigenvalue weighted by Crippen LogP contribution is -2.55. The van der Waals surface area contributed by atoms with E-state index in [0.717, 1.165) is 5.69 Å². The average molecular weight is 153 g/mol. The van der Waals surface area contributed by atoms with Gasteiger partial charge in [0.1, 0.15) is 5.54 Å². The Kier molecular flexibility index (Phi) is 1.27. The summed E-state index contributed by atoms with van der Waals surface area (Å²) in [7, 11) is 1.89. The lowest BCUT2D eigenvalue weighted by atomic mass is 9.95. The smallest absolute Gasteiger partial charge is 0.105 e. The van der Waals surface area contributed by atoms with Gasteiger partial charge in [-0.2, -0.15) is 5.10 Å². The highest BCUT2D eigenvalue weighted by Crippen LogP contribution is 2.25. The number of hydrogen-bond acceptors (Lipinski definition) is 3. The van der Waals surface area contributed by atoms with Gasteiger partial charge in [-0.3, -0.25) is 4.68 Å². The van der Waals surface area contributed by atoms with Crippen LogP contribution in [0.2, 0.25) is 0 Å². The van der Waals surface area contributed by atoms with Gasteiger partial charge in [-0.25, -0.2) is 0 Å². The summed E-state index contributed by atoms with van der Waals surface area (Å²) in [6.07, 6.45) is 1.75. The minimum Gasteiger partial charge on any atom is -0.377 e. The van der Waals surface area contributed by atoms with Crippen LogP contribution in [-0.4, -0.2) is 23.0 Å². The molecule has 11 heavy (non-hydrogen) atoms. The fraction of sp³-hybridized carbons (Fsp3) is 0.571. The second kappa shape index (κ2) is 2.06. The molecule has 0 saturated carbocycles. The minimum atomic E-state index is -0.286. The molecule has 0 aliphatic carbocycles. The van der Waals surface area contributed by atoms with Crippen molar-refractivity contribution in [3.8, 4) is 0 Å². The first-order chi connectivity index (χ1) is 5.22. The molecule has 2 rings (SSSR count). The SMILES string of the molecule is Cn1nccc1C1(N)COC1. The molecule has 2 heterocycles. The number of ether oxygens (including phenoxy) is 1. The van der Waals surface area contributed by atoms with E-state index < -0.39 is 0 Å². The van der Waals surface area contributed by atoms with Gasteiger partial charge in [0.05, 0.1) is 18.9 Å². The van der Waals surface area contributed by atoms with Crippen LogP contribution in [0, 0.1) is 0 Å². The van der Waals surface area contributed by atoms with Crippen molar-refractivity contribution in [1.29, 1.82) is 0 Å². The molecule has 0 aromatic carbocycles. The quantitative estimate of drug-likeness (QED) is 0.597. The van der Waals surface area contributed by atoms with Crippen molar-refractivity contribution < 1.29 is 4.74 Å². The molecule has 2 N–H and O–H groups in total. The molecule has 60 valence electrons. The minimum absolute atomic E-state index is 0.286. The van der Waals surface area contributed by atoms with E-state index in [2.05, 4.69) is 5.10 Å². The number of hydrogen-bond donors (Lipinski definition) is 1. The predicted octanol–water partition coefficient (Wildman–Crippen LogP) is -0.396. The maximum absolute atomic E-state index is 5.98. The average Bonchev–Trinajstić information content (AvgIpc) is 2.30. The van der Waals surface area contributed by atoms with Gasteiger partial charge in [0.15, 0.2) is 0 Å². The van der Waals surface area contributed by atoms with Gasteiger partial charge < -0.3 is 10.5 Å². The van der Waals surface area contributed by atoms with E-state index in [9.17, 15) is 0 Å². The molecule has 1 aromatic rings. The summed E-state index contributed by atoms with van der Waals surface area (Å²) in [5, 5.41) is 4.05. The van der Waals surface area contributed by atoms with Crippen LogP contribution >= 0.6 is 0 Å². The van der Waals surface area contributed by atoms with Crippen LogP contribution in [-0.2, 0) is 17.3 Å². The fourth-order valence-electron chi connectivity index (χ4n) is 1.33. The summed E-state index contributed by atoms with van der Waals surface area (Å²) >= 11 is 0. The number of nitrogens with zero attached hydrogens (tertiary/aromatic N) is 2. The molecule has 0 unspecified atom stereocenters. The molecule has 4 nitrogen and oxygen atoms in total. The van der Waals surface area contributed by atoms with Crippen LogP contribution in [0.25, 0.3) is 0 Å². The van der Waals surface area contributed by atoms with Crippen LogP contribution in [0.1, 0.15) is 5.69 Å². The van der Waals surface area contributed by atoms with Crippen molar-refractivity contribution in [3.63, 3.8) is 0 Å². The summed E-state index contributed by atoms with van der Waals surface area (Å²) in [6, 6.07) is 1.93. The largest absolute Gasteiger partial charge is 0.377 e. The summed E-state index contributed by atoms with van der Waals surface area (Å²) in [6.45, 7) is 1.21. The van der Waals surface area contributed by atoms with Gasteiger partial charge in [0.25, 0.3) is 0 Å². The van der Waals surface area contributed by atoms with Crippen LogP contribution in [0.3, 0.4) is 0 Å². The summed E-state index contributed by atoms with van der Waals surface area (Å²) in [5.41, 5.74) is 6.74. The fourth-order valence-corrected chi connectivity index (χ4v) is 1.33. The third-order valence-corrected chi connectivity index (χ3v) is 2.05. The lowest BCUT2D eigenvalue weighted by Gasteiger charge is -2.37. The molecule has 1 aliphatic rings. The molecule has 0 atom stereocenters. The highest BCUT2D eigenvalue weighted by atomic mass is 16.5. The Morgan fingerprint density at radius 1 is 1.73 bits per heavy atom. The summed E-state index contributed by atoms with van der Waals surface area (Å²) in [4.78, 5) is 0. The molecule has 1 aliphatic heterocycles. The van der Waals surface area contributed by atoms with E-state index >= 15 is 0 Å². The maximum Gasteiger partial charge on any atom is 0.105 e. The molecule has 0 radical (unpaired) electrons. The molecular weight excluding hydrogens is 142 g/mol. The Labute approximate surface area is 64.9 Å². The Hall–Kier alpha value is -0.870. The molecule has 1 aromatic heterocycles. The Morgan fingerprint density at radius 2 is 2.45 bits per heavy atom. The van der Waals surface area contributed by atoms with E-state index in [4.69, 9.17) is 10.5 Å². The van der Waals surface area contributed by atoms with Crippen LogP contribution < -0.4 is 5.73 Å². The lowest BCUT2D eigenvalue weighted by molar-refractivity contribution is -0.0607. The summed E-state index contributed by atoms with van der Waals surface area (Å²) < 4.78 is 6.84. The van der Waals surface area contributed by atoms with Crippen LogP contribution in [0.4, 0.5) is 0 Å². The Morgan fingerprint density at radius 3 is 2.82 bits per heavy atom. The highest BCUT2D eigenvalue weighted by Gasteiger charge is 2.38. The van der Waals surface area contributed by atoms with Gasteiger partial charge in [0, 0.05) is 13.2 Å². The van der Waals surface area contributed by atoms with E-state index in [1.807, 2.05) is 13.1 Å². The van der Waals surface area contributed by atoms with E-state index in [0.29, 0.717) is 13.2 Å². The molecule has 0 spiro atoms. The molecular formula is C7H11N3O. The first-order valence-corrected chi connectivity index (χ1v) is 3.57. The molecule has 0 bridgehead atoms. The van der Waals surface area contributed by atoms with E-state index in [-0.39, 0.29) is 5.54 Å². The van der Waals surface area contributed by atoms with Crippen molar-refractivity contribution in [2.24, 2.45) is 12.8 Å². The van der Waals surface area contributed by atoms with Crippen LogP contribution in [0.5, 0.6) is 0 Å². The third kappa shape index (κ3) is 0.868. The number of nitrogens with two attached hydrogens (primary N) is 1. The molecule has 4 heteroatoms. The predicted molar refractivity (Wildman–Crippen MR) is 39.9 cm³/mol. The van der Waals surface area contributed by atoms with E-state index in [1.54, 1.807) is 10.9 Å². The summed E-state index contributed by atoms with van der Waals surface area (Å²) in [5.74, 6) is 0.